The summed E-state index contributed by atoms with van der Waals surface area (Å²) in [6.45, 7) is 1.67. The summed E-state index contributed by atoms with van der Waals surface area (Å²) >= 11 is 15.3. The van der Waals surface area contributed by atoms with Crippen LogP contribution in [-0.2, 0) is 0 Å². The predicted octanol–water partition coefficient (Wildman–Crippen LogP) is 5.00. The zero-order valence-corrected chi connectivity index (χ0v) is 13.0. The number of halogens is 3. The minimum atomic E-state index is -0.563. The summed E-state index contributed by atoms with van der Waals surface area (Å²) in [6.07, 6.45) is 0.987. The molecule has 0 unspecified atom stereocenters. The summed E-state index contributed by atoms with van der Waals surface area (Å²) in [5.74, 6) is 0.803. The maximum Gasteiger partial charge on any atom is 0.219 e. The Bertz CT molecular complexity index is 588. The van der Waals surface area contributed by atoms with Gasteiger partial charge in [0.1, 0.15) is 5.75 Å². The molecule has 0 saturated carbocycles. The average Bonchev–Trinajstić information content (AvgIpc) is 2.36. The zero-order valence-electron chi connectivity index (χ0n) is 9.90. The number of aliphatic hydroxyl groups is 1. The molecular weight excluding hydrogens is 353 g/mol. The fraction of sp³-hybridized carbons (Fsp3) is 0.154. The van der Waals surface area contributed by atoms with Gasteiger partial charge in [0.2, 0.25) is 5.88 Å². The van der Waals surface area contributed by atoms with Crippen LogP contribution in [0, 0.1) is 0 Å². The fourth-order valence-corrected chi connectivity index (χ4v) is 2.23. The van der Waals surface area contributed by atoms with E-state index in [4.69, 9.17) is 27.9 Å². The molecule has 0 bridgehead atoms. The number of hydrogen-bond donors (Lipinski definition) is 1. The lowest BCUT2D eigenvalue weighted by atomic mass is 10.2. The number of pyridine rings is 1. The van der Waals surface area contributed by atoms with Crippen LogP contribution in [0.4, 0.5) is 0 Å². The second-order valence-corrected chi connectivity index (χ2v) is 5.57. The van der Waals surface area contributed by atoms with Crippen LogP contribution in [0.2, 0.25) is 10.0 Å². The van der Waals surface area contributed by atoms with Gasteiger partial charge in [0, 0.05) is 22.8 Å². The van der Waals surface area contributed by atoms with Gasteiger partial charge in [0.25, 0.3) is 0 Å². The molecule has 3 nitrogen and oxygen atoms in total. The highest BCUT2D eigenvalue weighted by atomic mass is 79.9. The van der Waals surface area contributed by atoms with Gasteiger partial charge < -0.3 is 9.84 Å². The minimum Gasteiger partial charge on any atom is -0.437 e. The van der Waals surface area contributed by atoms with E-state index >= 15 is 0 Å². The van der Waals surface area contributed by atoms with Crippen molar-refractivity contribution in [1.29, 1.82) is 0 Å². The first-order valence-corrected chi connectivity index (χ1v) is 6.98. The molecule has 1 aromatic heterocycles. The van der Waals surface area contributed by atoms with E-state index in [0.29, 0.717) is 31.7 Å². The molecule has 0 spiro atoms. The molecule has 100 valence electrons. The van der Waals surface area contributed by atoms with Gasteiger partial charge in [0.15, 0.2) is 0 Å². The smallest absolute Gasteiger partial charge is 0.219 e. The van der Waals surface area contributed by atoms with Gasteiger partial charge in [-0.3, -0.25) is 0 Å². The van der Waals surface area contributed by atoms with Crippen LogP contribution in [0.5, 0.6) is 11.6 Å². The van der Waals surface area contributed by atoms with Crippen molar-refractivity contribution in [2.75, 3.05) is 0 Å². The maximum atomic E-state index is 9.39. The Morgan fingerprint density at radius 2 is 2.00 bits per heavy atom. The highest BCUT2D eigenvalue weighted by Crippen LogP contribution is 2.36. The minimum absolute atomic E-state index is 0.379. The first-order chi connectivity index (χ1) is 8.97. The molecule has 0 aliphatic carbocycles. The van der Waals surface area contributed by atoms with Gasteiger partial charge in [-0.1, -0.05) is 23.2 Å². The number of aromatic nitrogens is 1. The number of benzene rings is 1. The van der Waals surface area contributed by atoms with Crippen LogP contribution in [0.3, 0.4) is 0 Å². The molecule has 1 heterocycles. The van der Waals surface area contributed by atoms with Crippen LogP contribution in [0.25, 0.3) is 0 Å². The highest BCUT2D eigenvalue weighted by Gasteiger charge is 2.09. The molecule has 1 atom stereocenters. The largest absolute Gasteiger partial charge is 0.437 e. The Balaban J connectivity index is 2.24. The van der Waals surface area contributed by atoms with E-state index < -0.39 is 6.10 Å². The summed E-state index contributed by atoms with van der Waals surface area (Å²) in [6, 6.07) is 6.66. The SMILES string of the molecule is C[C@@H](O)c1ccc(Oc2cc(Cl)c(Br)cc2Cl)nc1. The zero-order chi connectivity index (χ0) is 14.0. The Morgan fingerprint density at radius 1 is 1.26 bits per heavy atom. The van der Waals surface area contributed by atoms with Gasteiger partial charge in [-0.15, -0.1) is 0 Å². The molecule has 0 amide bonds. The van der Waals surface area contributed by atoms with Crippen molar-refractivity contribution in [3.8, 4) is 11.6 Å². The van der Waals surface area contributed by atoms with Gasteiger partial charge in [-0.05, 0) is 40.5 Å². The Labute approximate surface area is 129 Å². The predicted molar refractivity (Wildman–Crippen MR) is 79.1 cm³/mol. The van der Waals surface area contributed by atoms with Crippen molar-refractivity contribution >= 4 is 39.1 Å². The topological polar surface area (TPSA) is 42.4 Å². The normalized spacial score (nSPS) is 12.3. The van der Waals surface area contributed by atoms with Gasteiger partial charge >= 0.3 is 0 Å². The Kier molecular flexibility index (Phi) is 4.68. The highest BCUT2D eigenvalue weighted by molar-refractivity contribution is 9.10. The number of aliphatic hydroxyl groups excluding tert-OH is 1. The summed E-state index contributed by atoms with van der Waals surface area (Å²) in [7, 11) is 0. The summed E-state index contributed by atoms with van der Waals surface area (Å²) in [4.78, 5) is 4.09. The van der Waals surface area contributed by atoms with E-state index in [1.807, 2.05) is 0 Å². The second kappa shape index (κ2) is 6.09. The average molecular weight is 363 g/mol. The summed E-state index contributed by atoms with van der Waals surface area (Å²) < 4.78 is 6.25. The molecule has 6 heteroatoms. The molecule has 0 aliphatic heterocycles. The Morgan fingerprint density at radius 3 is 2.58 bits per heavy atom. The van der Waals surface area contributed by atoms with Gasteiger partial charge in [-0.2, -0.15) is 0 Å². The number of hydrogen-bond acceptors (Lipinski definition) is 3. The van der Waals surface area contributed by atoms with Crippen molar-refractivity contribution in [3.63, 3.8) is 0 Å². The van der Waals surface area contributed by atoms with E-state index in [2.05, 4.69) is 20.9 Å². The lowest BCUT2D eigenvalue weighted by Gasteiger charge is -2.09. The third kappa shape index (κ3) is 3.60. The summed E-state index contributed by atoms with van der Waals surface area (Å²) in [5.41, 5.74) is 0.715. The van der Waals surface area contributed by atoms with Crippen LogP contribution < -0.4 is 4.74 Å². The number of ether oxygens (including phenoxy) is 1. The fourth-order valence-electron chi connectivity index (χ4n) is 1.39. The van der Waals surface area contributed by atoms with Crippen LogP contribution >= 0.6 is 39.1 Å². The van der Waals surface area contributed by atoms with Crippen LogP contribution in [-0.4, -0.2) is 10.1 Å². The first-order valence-electron chi connectivity index (χ1n) is 5.44. The maximum absolute atomic E-state index is 9.39. The third-order valence-corrected chi connectivity index (χ3v) is 3.92. The molecule has 1 aromatic carbocycles. The van der Waals surface area contributed by atoms with Crippen LogP contribution in [0.15, 0.2) is 34.9 Å². The lowest BCUT2D eigenvalue weighted by Crippen LogP contribution is -1.94. The number of rotatable bonds is 3. The molecule has 0 radical (unpaired) electrons. The van der Waals surface area contributed by atoms with E-state index in [-0.39, 0.29) is 0 Å². The molecular formula is C13H10BrCl2NO2. The van der Waals surface area contributed by atoms with Crippen molar-refractivity contribution in [2.24, 2.45) is 0 Å². The number of nitrogens with zero attached hydrogens (tertiary/aromatic N) is 1. The molecule has 2 aromatic rings. The van der Waals surface area contributed by atoms with Crippen molar-refractivity contribution in [3.05, 3.63) is 50.5 Å². The van der Waals surface area contributed by atoms with E-state index in [1.165, 1.54) is 0 Å². The molecule has 19 heavy (non-hydrogen) atoms. The lowest BCUT2D eigenvalue weighted by molar-refractivity contribution is 0.198. The summed E-state index contributed by atoms with van der Waals surface area (Å²) in [5, 5.41) is 10.3. The third-order valence-electron chi connectivity index (χ3n) is 2.43. The second-order valence-electron chi connectivity index (χ2n) is 3.90. The molecule has 2 rings (SSSR count). The van der Waals surface area contributed by atoms with Gasteiger partial charge in [-0.25, -0.2) is 4.98 Å². The molecule has 0 saturated heterocycles. The standard InChI is InChI=1S/C13H10BrCl2NO2/c1-7(18)8-2-3-13(17-6-8)19-12-5-10(15)9(14)4-11(12)16/h2-7,18H,1H3/t7-/m1/s1. The molecule has 0 aliphatic rings. The van der Waals surface area contributed by atoms with Crippen molar-refractivity contribution < 1.29 is 9.84 Å². The molecule has 0 fully saturated rings. The Hall–Kier alpha value is -0.810. The monoisotopic (exact) mass is 361 g/mol. The van der Waals surface area contributed by atoms with Crippen LogP contribution in [0.1, 0.15) is 18.6 Å². The van der Waals surface area contributed by atoms with E-state index in [9.17, 15) is 5.11 Å². The van der Waals surface area contributed by atoms with E-state index in [1.54, 1.807) is 37.4 Å². The first kappa shape index (κ1) is 14.6. The van der Waals surface area contributed by atoms with Gasteiger partial charge in [0.05, 0.1) is 16.1 Å². The van der Waals surface area contributed by atoms with E-state index in [0.717, 1.165) is 0 Å². The quantitative estimate of drug-likeness (QED) is 0.781. The molecule has 1 N–H and O–H groups in total. The van der Waals surface area contributed by atoms with Crippen molar-refractivity contribution in [1.82, 2.24) is 4.98 Å². The van der Waals surface area contributed by atoms with Crippen molar-refractivity contribution in [2.45, 2.75) is 13.0 Å².